The first kappa shape index (κ1) is 31.5. The number of carbonyl (C=O) groups is 1. The third-order valence-electron chi connectivity index (χ3n) is 7.43. The first-order valence-corrected chi connectivity index (χ1v) is 14.2. The molecule has 2 aromatic carbocycles. The number of aromatic nitrogens is 1. The maximum Gasteiger partial charge on any atom is 0.420 e. The van der Waals surface area contributed by atoms with E-state index >= 15 is 0 Å². The maximum absolute atomic E-state index is 13.9. The molecule has 1 aromatic heterocycles. The van der Waals surface area contributed by atoms with Gasteiger partial charge in [-0.2, -0.15) is 13.2 Å². The van der Waals surface area contributed by atoms with Crippen molar-refractivity contribution in [1.29, 1.82) is 0 Å². The summed E-state index contributed by atoms with van der Waals surface area (Å²) in [5, 5.41) is 3.87. The van der Waals surface area contributed by atoms with Crippen LogP contribution in [-0.2, 0) is 17.3 Å². The molecule has 2 heterocycles. The first-order valence-electron chi connectivity index (χ1n) is 14.2. The molecular formula is C31H37F4N3O4. The van der Waals surface area contributed by atoms with Crippen molar-refractivity contribution in [1.82, 2.24) is 10.3 Å². The van der Waals surface area contributed by atoms with Crippen LogP contribution in [0.5, 0.6) is 11.5 Å². The van der Waals surface area contributed by atoms with E-state index < -0.39 is 17.6 Å². The van der Waals surface area contributed by atoms with E-state index in [0.717, 1.165) is 18.1 Å². The Morgan fingerprint density at radius 3 is 2.64 bits per heavy atom. The third kappa shape index (κ3) is 7.49. The predicted molar refractivity (Wildman–Crippen MR) is 153 cm³/mol. The van der Waals surface area contributed by atoms with Gasteiger partial charge in [-0.15, -0.1) is 0 Å². The van der Waals surface area contributed by atoms with E-state index in [0.29, 0.717) is 68.7 Å². The van der Waals surface area contributed by atoms with Crippen molar-refractivity contribution in [3.8, 4) is 11.5 Å². The van der Waals surface area contributed by atoms with Crippen LogP contribution in [0, 0.1) is 5.82 Å². The molecule has 1 saturated heterocycles. The largest absolute Gasteiger partial charge is 0.496 e. The van der Waals surface area contributed by atoms with Crippen molar-refractivity contribution in [2.24, 2.45) is 0 Å². The molecule has 0 aliphatic carbocycles. The van der Waals surface area contributed by atoms with E-state index in [1.165, 1.54) is 25.4 Å². The number of Topliss-reactive ketones (excluding diaryl/α,β-unsaturated/α-hetero) is 1. The predicted octanol–water partition coefficient (Wildman–Crippen LogP) is 6.21. The molecule has 1 atom stereocenters. The summed E-state index contributed by atoms with van der Waals surface area (Å²) < 4.78 is 70.9. The molecule has 4 rings (SSSR count). The minimum Gasteiger partial charge on any atom is -0.496 e. The number of methoxy groups -OCH3 is 2. The smallest absolute Gasteiger partial charge is 0.420 e. The van der Waals surface area contributed by atoms with Gasteiger partial charge in [0.15, 0.2) is 17.3 Å². The molecule has 42 heavy (non-hydrogen) atoms. The van der Waals surface area contributed by atoms with E-state index in [2.05, 4.69) is 10.3 Å². The minimum absolute atomic E-state index is 0.119. The summed E-state index contributed by atoms with van der Waals surface area (Å²) in [7, 11) is 2.83. The van der Waals surface area contributed by atoms with Gasteiger partial charge in [0, 0.05) is 50.8 Å². The number of nitrogens with one attached hydrogen (secondary N) is 1. The van der Waals surface area contributed by atoms with Gasteiger partial charge in [-0.05, 0) is 62.4 Å². The Bertz CT molecular complexity index is 1380. The van der Waals surface area contributed by atoms with Crippen molar-refractivity contribution < 1.29 is 36.6 Å². The number of anilines is 1. The van der Waals surface area contributed by atoms with Gasteiger partial charge < -0.3 is 24.4 Å². The summed E-state index contributed by atoms with van der Waals surface area (Å²) in [4.78, 5) is 19.9. The normalized spacial score (nSPS) is 16.0. The molecule has 1 unspecified atom stereocenters. The van der Waals surface area contributed by atoms with E-state index in [9.17, 15) is 22.4 Å². The van der Waals surface area contributed by atoms with Crippen LogP contribution in [0.2, 0.25) is 0 Å². The van der Waals surface area contributed by atoms with Gasteiger partial charge in [0.2, 0.25) is 0 Å². The number of hydrogen-bond acceptors (Lipinski definition) is 7. The molecule has 3 aromatic rings. The molecule has 228 valence electrons. The zero-order valence-electron chi connectivity index (χ0n) is 24.2. The van der Waals surface area contributed by atoms with Crippen LogP contribution < -0.4 is 19.7 Å². The fraction of sp³-hybridized carbons (Fsp3) is 0.484. The van der Waals surface area contributed by atoms with Gasteiger partial charge in [0.25, 0.3) is 0 Å². The highest BCUT2D eigenvalue weighted by Gasteiger charge is 2.35. The van der Waals surface area contributed by atoms with Gasteiger partial charge >= 0.3 is 6.18 Å². The standard InChI is InChI=1S/C31H37F4N3O4/c1-4-42-29-15-20(9-10-25(29)32)7-5-6-8-27(39)23-18-37-26-17-24(31(33,34)35)28(41-3)16-22(26)30(23)38-13-11-21(19-40-2)36-12-14-38/h9-10,15-18,21,36H,4-8,11-14,19H2,1-3H3. The molecule has 0 bridgehead atoms. The molecule has 1 aliphatic rings. The summed E-state index contributed by atoms with van der Waals surface area (Å²) in [6.45, 7) is 4.43. The Balaban J connectivity index is 1.61. The average Bonchev–Trinajstić information content (AvgIpc) is 3.20. The Morgan fingerprint density at radius 2 is 1.93 bits per heavy atom. The number of carbonyl (C=O) groups excluding carboxylic acids is 1. The summed E-state index contributed by atoms with van der Waals surface area (Å²) in [6.07, 6.45) is -0.359. The van der Waals surface area contributed by atoms with Gasteiger partial charge in [0.05, 0.1) is 42.7 Å². The first-order chi connectivity index (χ1) is 20.2. The van der Waals surface area contributed by atoms with E-state index in [4.69, 9.17) is 14.2 Å². The van der Waals surface area contributed by atoms with Crippen molar-refractivity contribution >= 4 is 22.4 Å². The van der Waals surface area contributed by atoms with Crippen molar-refractivity contribution in [2.45, 2.75) is 51.2 Å². The van der Waals surface area contributed by atoms with Crippen LogP contribution in [-0.4, -0.2) is 63.9 Å². The number of pyridine rings is 1. The Labute approximate surface area is 243 Å². The summed E-state index contributed by atoms with van der Waals surface area (Å²) in [6, 6.07) is 7.20. The van der Waals surface area contributed by atoms with Gasteiger partial charge in [0.1, 0.15) is 5.75 Å². The SMILES string of the molecule is CCOc1cc(CCCCC(=O)c2cnc3cc(C(F)(F)F)c(OC)cc3c2N2CCNC(COC)CC2)ccc1F. The summed E-state index contributed by atoms with van der Waals surface area (Å²) >= 11 is 0. The number of nitrogens with zero attached hydrogens (tertiary/aromatic N) is 2. The zero-order valence-corrected chi connectivity index (χ0v) is 24.2. The lowest BCUT2D eigenvalue weighted by atomic mass is 9.98. The van der Waals surface area contributed by atoms with E-state index in [1.54, 1.807) is 26.2 Å². The lowest BCUT2D eigenvalue weighted by Gasteiger charge is -2.27. The van der Waals surface area contributed by atoms with Crippen LogP contribution in [0.1, 0.15) is 54.1 Å². The van der Waals surface area contributed by atoms with Gasteiger partial charge in [-0.3, -0.25) is 9.78 Å². The zero-order chi connectivity index (χ0) is 30.3. The van der Waals surface area contributed by atoms with Crippen LogP contribution in [0.15, 0.2) is 36.5 Å². The number of ether oxygens (including phenoxy) is 3. The lowest BCUT2D eigenvalue weighted by molar-refractivity contribution is -0.138. The van der Waals surface area contributed by atoms with Crippen molar-refractivity contribution in [3.05, 3.63) is 59.0 Å². The van der Waals surface area contributed by atoms with Crippen LogP contribution in [0.4, 0.5) is 23.2 Å². The number of rotatable bonds is 12. The highest BCUT2D eigenvalue weighted by molar-refractivity contribution is 6.08. The maximum atomic E-state index is 13.9. The monoisotopic (exact) mass is 591 g/mol. The number of ketones is 1. The Kier molecular flexibility index (Phi) is 10.6. The van der Waals surface area contributed by atoms with Crippen LogP contribution in [0.25, 0.3) is 10.9 Å². The van der Waals surface area contributed by atoms with Crippen LogP contribution >= 0.6 is 0 Å². The molecule has 1 aliphatic heterocycles. The molecule has 0 amide bonds. The van der Waals surface area contributed by atoms with E-state index in [-0.39, 0.29) is 35.3 Å². The second-order valence-electron chi connectivity index (χ2n) is 10.3. The number of aryl methyl sites for hydroxylation is 1. The van der Waals surface area contributed by atoms with E-state index in [1.807, 2.05) is 4.90 Å². The molecule has 1 fully saturated rings. The summed E-state index contributed by atoms with van der Waals surface area (Å²) in [5.41, 5.74) is 1.07. The van der Waals surface area contributed by atoms with Gasteiger partial charge in [-0.1, -0.05) is 6.07 Å². The molecule has 0 spiro atoms. The molecule has 0 radical (unpaired) electrons. The number of hydrogen-bond donors (Lipinski definition) is 1. The fourth-order valence-electron chi connectivity index (χ4n) is 5.36. The van der Waals surface area contributed by atoms with Crippen LogP contribution in [0.3, 0.4) is 0 Å². The number of halogens is 4. The number of fused-ring (bicyclic) bond motifs is 1. The Morgan fingerprint density at radius 1 is 1.12 bits per heavy atom. The molecule has 0 saturated carbocycles. The highest BCUT2D eigenvalue weighted by Crippen LogP contribution is 2.41. The highest BCUT2D eigenvalue weighted by atomic mass is 19.4. The summed E-state index contributed by atoms with van der Waals surface area (Å²) in [5.74, 6) is -0.665. The van der Waals surface area contributed by atoms with Crippen molar-refractivity contribution in [2.75, 3.05) is 52.0 Å². The molecule has 11 heteroatoms. The van der Waals surface area contributed by atoms with Gasteiger partial charge in [-0.25, -0.2) is 4.39 Å². The number of unbranched alkanes of at least 4 members (excludes halogenated alkanes) is 1. The fourth-order valence-corrected chi connectivity index (χ4v) is 5.36. The second kappa shape index (κ2) is 14.2. The number of alkyl halides is 3. The molecule has 7 nitrogen and oxygen atoms in total. The second-order valence-corrected chi connectivity index (χ2v) is 10.3. The molecule has 1 N–H and O–H groups in total. The lowest BCUT2D eigenvalue weighted by Crippen LogP contribution is -2.33. The molecular weight excluding hydrogens is 554 g/mol. The third-order valence-corrected chi connectivity index (χ3v) is 7.43. The Hall–Kier alpha value is -3.44. The minimum atomic E-state index is -4.62. The topological polar surface area (TPSA) is 72.9 Å². The quantitative estimate of drug-likeness (QED) is 0.153. The van der Waals surface area contributed by atoms with Crippen molar-refractivity contribution in [3.63, 3.8) is 0 Å². The average molecular weight is 592 g/mol. The number of benzene rings is 2.